The van der Waals surface area contributed by atoms with Gasteiger partial charge in [-0.25, -0.2) is 9.79 Å². The number of rotatable bonds is 11. The van der Waals surface area contributed by atoms with Gasteiger partial charge in [0.25, 0.3) is 5.56 Å². The first kappa shape index (κ1) is 32.4. The molecule has 0 saturated heterocycles. The molecular weight excluding hydrogens is 604 g/mol. The van der Waals surface area contributed by atoms with E-state index in [2.05, 4.69) is 4.99 Å². The van der Waals surface area contributed by atoms with Gasteiger partial charge in [0.05, 0.1) is 35.1 Å². The average Bonchev–Trinajstić information content (AvgIpc) is 3.33. The molecule has 5 rings (SSSR count). The zero-order chi connectivity index (χ0) is 32.8. The highest BCUT2D eigenvalue weighted by Gasteiger charge is 2.34. The number of thiazole rings is 1. The van der Waals surface area contributed by atoms with Crippen LogP contribution < -0.4 is 29.1 Å². The van der Waals surface area contributed by atoms with E-state index in [0.29, 0.717) is 45.3 Å². The van der Waals surface area contributed by atoms with Gasteiger partial charge in [0.1, 0.15) is 12.4 Å². The van der Waals surface area contributed by atoms with Crippen molar-refractivity contribution in [1.29, 1.82) is 0 Å². The van der Waals surface area contributed by atoms with E-state index in [-0.39, 0.29) is 29.4 Å². The number of ether oxygens (including phenoxy) is 4. The van der Waals surface area contributed by atoms with Crippen LogP contribution in [0, 0.1) is 5.92 Å². The van der Waals surface area contributed by atoms with E-state index in [4.69, 9.17) is 18.9 Å². The lowest BCUT2D eigenvalue weighted by Crippen LogP contribution is -2.40. The van der Waals surface area contributed by atoms with E-state index in [1.165, 1.54) is 22.8 Å². The van der Waals surface area contributed by atoms with E-state index in [1.54, 1.807) is 31.2 Å². The lowest BCUT2D eigenvalue weighted by Gasteiger charge is -2.25. The van der Waals surface area contributed by atoms with Crippen LogP contribution in [0.5, 0.6) is 17.2 Å². The number of nitrogens with zero attached hydrogens (tertiary/aromatic N) is 2. The Kier molecular flexibility index (Phi) is 10.2. The summed E-state index contributed by atoms with van der Waals surface area (Å²) >= 11 is 1.24. The molecule has 0 saturated carbocycles. The summed E-state index contributed by atoms with van der Waals surface area (Å²) in [5, 5.41) is 0. The number of hydrogen-bond acceptors (Lipinski definition) is 9. The second-order valence-corrected chi connectivity index (χ2v) is 12.2. The second-order valence-electron chi connectivity index (χ2n) is 11.2. The fourth-order valence-electron chi connectivity index (χ4n) is 4.97. The molecule has 0 N–H and O–H groups in total. The van der Waals surface area contributed by atoms with Gasteiger partial charge in [-0.05, 0) is 66.8 Å². The van der Waals surface area contributed by atoms with Gasteiger partial charge in [-0.15, -0.1) is 0 Å². The molecule has 1 atom stereocenters. The Morgan fingerprint density at radius 2 is 1.74 bits per heavy atom. The smallest absolute Gasteiger partial charge is 0.338 e. The molecule has 238 valence electrons. The Morgan fingerprint density at radius 3 is 2.41 bits per heavy atom. The predicted molar refractivity (Wildman–Crippen MR) is 176 cm³/mol. The maximum Gasteiger partial charge on any atom is 0.338 e. The van der Waals surface area contributed by atoms with Crippen LogP contribution in [0.4, 0.5) is 0 Å². The van der Waals surface area contributed by atoms with Crippen molar-refractivity contribution in [3.05, 3.63) is 120 Å². The quantitative estimate of drug-likeness (QED) is 0.161. The van der Waals surface area contributed by atoms with Crippen molar-refractivity contribution in [3.63, 3.8) is 0 Å². The SMILES string of the molecule is CCOc1cc(C2C(C(=O)OCC(C)C)=C(C)N=c3sc(=Cc4ccc(OCc5ccccc5)cc4)c(=O)n32)ccc1OC(C)=O. The summed E-state index contributed by atoms with van der Waals surface area (Å²) in [7, 11) is 0. The number of carbonyl (C=O) groups excluding carboxylic acids is 2. The van der Waals surface area contributed by atoms with Crippen molar-refractivity contribution in [1.82, 2.24) is 4.57 Å². The van der Waals surface area contributed by atoms with E-state index >= 15 is 0 Å². The number of allylic oxidation sites excluding steroid dienone is 1. The van der Waals surface area contributed by atoms with Gasteiger partial charge in [-0.2, -0.15) is 0 Å². The summed E-state index contributed by atoms with van der Waals surface area (Å²) < 4.78 is 24.7. The molecule has 10 heteroatoms. The Bertz CT molecular complexity index is 1940. The third kappa shape index (κ3) is 7.46. The van der Waals surface area contributed by atoms with Crippen LogP contribution >= 0.6 is 11.3 Å². The normalized spacial score (nSPS) is 14.5. The monoisotopic (exact) mass is 640 g/mol. The van der Waals surface area contributed by atoms with Crippen LogP contribution in [0.2, 0.25) is 0 Å². The molecule has 3 aromatic carbocycles. The fourth-order valence-corrected chi connectivity index (χ4v) is 6.02. The van der Waals surface area contributed by atoms with Crippen LogP contribution in [0.25, 0.3) is 6.08 Å². The molecule has 1 aliphatic rings. The molecule has 0 radical (unpaired) electrons. The predicted octanol–water partition coefficient (Wildman–Crippen LogP) is 5.34. The van der Waals surface area contributed by atoms with Gasteiger partial charge < -0.3 is 18.9 Å². The molecule has 1 aromatic heterocycles. The van der Waals surface area contributed by atoms with Crippen molar-refractivity contribution in [3.8, 4) is 17.2 Å². The summed E-state index contributed by atoms with van der Waals surface area (Å²) in [4.78, 5) is 44.5. The zero-order valence-corrected chi connectivity index (χ0v) is 27.3. The Hall–Kier alpha value is -4.96. The lowest BCUT2D eigenvalue weighted by molar-refractivity contribution is -0.140. The number of aromatic nitrogens is 1. The molecule has 1 unspecified atom stereocenters. The first-order chi connectivity index (χ1) is 22.1. The molecule has 0 amide bonds. The summed E-state index contributed by atoms with van der Waals surface area (Å²) in [6, 6.07) is 21.6. The van der Waals surface area contributed by atoms with Crippen molar-refractivity contribution in [2.45, 2.75) is 47.3 Å². The van der Waals surface area contributed by atoms with Crippen molar-refractivity contribution in [2.75, 3.05) is 13.2 Å². The van der Waals surface area contributed by atoms with E-state index in [1.807, 2.05) is 75.4 Å². The van der Waals surface area contributed by atoms with Crippen LogP contribution in [0.1, 0.15) is 57.4 Å². The standard InChI is InChI=1S/C36H36N2O7S/c1-6-42-30-19-27(14-17-29(30)45-24(5)39)33-32(35(41)44-20-22(2)3)23(4)37-36-38(33)34(40)31(46-36)18-25-12-15-28(16-13-25)43-21-26-10-8-7-9-11-26/h7-19,22,33H,6,20-21H2,1-5H3. The molecule has 9 nitrogen and oxygen atoms in total. The average molecular weight is 641 g/mol. The first-order valence-corrected chi connectivity index (χ1v) is 15.9. The lowest BCUT2D eigenvalue weighted by atomic mass is 9.95. The zero-order valence-electron chi connectivity index (χ0n) is 26.4. The van der Waals surface area contributed by atoms with Crippen molar-refractivity contribution in [2.24, 2.45) is 10.9 Å². The van der Waals surface area contributed by atoms with E-state index < -0.39 is 18.0 Å². The highest BCUT2D eigenvalue weighted by Crippen LogP contribution is 2.36. The van der Waals surface area contributed by atoms with Gasteiger partial charge in [0.15, 0.2) is 16.3 Å². The first-order valence-electron chi connectivity index (χ1n) is 15.1. The maximum absolute atomic E-state index is 14.1. The Labute approximate surface area is 271 Å². The van der Waals surface area contributed by atoms with Gasteiger partial charge in [-0.3, -0.25) is 14.2 Å². The van der Waals surface area contributed by atoms with Gasteiger partial charge >= 0.3 is 11.9 Å². The Balaban J connectivity index is 1.55. The number of fused-ring (bicyclic) bond motifs is 1. The molecular formula is C36H36N2O7S. The summed E-state index contributed by atoms with van der Waals surface area (Å²) in [5.74, 6) is 0.341. The molecule has 0 fully saturated rings. The minimum atomic E-state index is -0.850. The topological polar surface area (TPSA) is 105 Å². The van der Waals surface area contributed by atoms with Crippen LogP contribution in [-0.4, -0.2) is 29.7 Å². The van der Waals surface area contributed by atoms with Crippen molar-refractivity contribution >= 4 is 29.4 Å². The molecule has 2 heterocycles. The molecule has 0 spiro atoms. The summed E-state index contributed by atoms with van der Waals surface area (Å²) in [6.07, 6.45) is 1.80. The molecule has 1 aliphatic heterocycles. The second kappa shape index (κ2) is 14.4. The molecule has 0 bridgehead atoms. The Morgan fingerprint density at radius 1 is 1.00 bits per heavy atom. The molecule has 0 aliphatic carbocycles. The number of hydrogen-bond donors (Lipinski definition) is 0. The van der Waals surface area contributed by atoms with Crippen LogP contribution in [0.15, 0.2) is 93.9 Å². The molecule has 46 heavy (non-hydrogen) atoms. The largest absolute Gasteiger partial charge is 0.490 e. The summed E-state index contributed by atoms with van der Waals surface area (Å²) in [6.45, 7) is 9.74. The highest BCUT2D eigenvalue weighted by atomic mass is 32.1. The third-order valence-electron chi connectivity index (χ3n) is 7.05. The third-order valence-corrected chi connectivity index (χ3v) is 8.04. The summed E-state index contributed by atoms with van der Waals surface area (Å²) in [5.41, 5.74) is 2.86. The van der Waals surface area contributed by atoms with Gasteiger partial charge in [0.2, 0.25) is 0 Å². The maximum atomic E-state index is 14.1. The van der Waals surface area contributed by atoms with Crippen LogP contribution in [-0.2, 0) is 20.9 Å². The number of carbonyl (C=O) groups is 2. The van der Waals surface area contributed by atoms with Crippen molar-refractivity contribution < 1.29 is 28.5 Å². The number of benzene rings is 3. The van der Waals surface area contributed by atoms with Gasteiger partial charge in [-0.1, -0.05) is 73.7 Å². The number of esters is 2. The fraction of sp³-hybridized carbons (Fsp3) is 0.278. The van der Waals surface area contributed by atoms with Gasteiger partial charge in [0, 0.05) is 6.92 Å². The van der Waals surface area contributed by atoms with E-state index in [9.17, 15) is 14.4 Å². The van der Waals surface area contributed by atoms with Crippen LogP contribution in [0.3, 0.4) is 0 Å². The minimum absolute atomic E-state index is 0.118. The molecule has 4 aromatic rings. The van der Waals surface area contributed by atoms with E-state index in [0.717, 1.165) is 11.1 Å². The minimum Gasteiger partial charge on any atom is -0.490 e. The highest BCUT2D eigenvalue weighted by molar-refractivity contribution is 7.07.